The standard InChI is InChI=1S/C14H20OS/c1-3-12-10-14(7-8-15-12)16-13-6-4-5-11(2)9-13/h4-6,9,12,14H,3,7-8,10H2,1-2H3. The lowest BCUT2D eigenvalue weighted by atomic mass is 10.1. The first kappa shape index (κ1) is 12.0. The summed E-state index contributed by atoms with van der Waals surface area (Å²) in [5.41, 5.74) is 1.35. The fraction of sp³-hybridized carbons (Fsp3) is 0.571. The quantitative estimate of drug-likeness (QED) is 0.783. The molecule has 0 saturated carbocycles. The molecule has 0 N–H and O–H groups in total. The second kappa shape index (κ2) is 5.74. The summed E-state index contributed by atoms with van der Waals surface area (Å²) < 4.78 is 5.71. The van der Waals surface area contributed by atoms with Crippen molar-refractivity contribution in [2.45, 2.75) is 49.4 Å². The van der Waals surface area contributed by atoms with E-state index in [2.05, 4.69) is 38.1 Å². The molecule has 2 atom stereocenters. The summed E-state index contributed by atoms with van der Waals surface area (Å²) in [6.07, 6.45) is 4.02. The highest BCUT2D eigenvalue weighted by atomic mass is 32.2. The van der Waals surface area contributed by atoms with Crippen LogP contribution in [0.5, 0.6) is 0 Å². The van der Waals surface area contributed by atoms with E-state index in [9.17, 15) is 0 Å². The molecule has 1 saturated heterocycles. The van der Waals surface area contributed by atoms with Crippen molar-refractivity contribution in [3.8, 4) is 0 Å². The summed E-state index contributed by atoms with van der Waals surface area (Å²) in [4.78, 5) is 1.40. The molecule has 1 fully saturated rings. The van der Waals surface area contributed by atoms with Gasteiger partial charge in [-0.15, -0.1) is 11.8 Å². The van der Waals surface area contributed by atoms with Gasteiger partial charge in [0.15, 0.2) is 0 Å². The number of rotatable bonds is 3. The topological polar surface area (TPSA) is 9.23 Å². The first-order valence-corrected chi connectivity index (χ1v) is 7.01. The molecule has 16 heavy (non-hydrogen) atoms. The second-order valence-electron chi connectivity index (χ2n) is 4.48. The maximum atomic E-state index is 5.71. The van der Waals surface area contributed by atoms with Crippen LogP contribution >= 0.6 is 11.8 Å². The molecule has 0 amide bonds. The predicted molar refractivity (Wildman–Crippen MR) is 70.1 cm³/mol. The third kappa shape index (κ3) is 3.26. The molecule has 1 aromatic carbocycles. The highest BCUT2D eigenvalue weighted by molar-refractivity contribution is 8.00. The van der Waals surface area contributed by atoms with Crippen LogP contribution < -0.4 is 0 Å². The molecule has 88 valence electrons. The van der Waals surface area contributed by atoms with Gasteiger partial charge in [-0.3, -0.25) is 0 Å². The van der Waals surface area contributed by atoms with Crippen molar-refractivity contribution in [1.82, 2.24) is 0 Å². The van der Waals surface area contributed by atoms with Gasteiger partial charge in [0.1, 0.15) is 0 Å². The highest BCUT2D eigenvalue weighted by Gasteiger charge is 2.21. The maximum Gasteiger partial charge on any atom is 0.0583 e. The van der Waals surface area contributed by atoms with E-state index in [1.54, 1.807) is 0 Å². The van der Waals surface area contributed by atoms with Crippen LogP contribution in [-0.4, -0.2) is 18.0 Å². The van der Waals surface area contributed by atoms with Gasteiger partial charge in [0.25, 0.3) is 0 Å². The largest absolute Gasteiger partial charge is 0.378 e. The van der Waals surface area contributed by atoms with Crippen LogP contribution in [0.3, 0.4) is 0 Å². The van der Waals surface area contributed by atoms with Crippen molar-refractivity contribution in [3.05, 3.63) is 29.8 Å². The summed E-state index contributed by atoms with van der Waals surface area (Å²) >= 11 is 2.02. The molecular weight excluding hydrogens is 216 g/mol. The summed E-state index contributed by atoms with van der Waals surface area (Å²) in [5, 5.41) is 0.737. The molecule has 1 aliphatic rings. The Hall–Kier alpha value is -0.470. The Morgan fingerprint density at radius 1 is 1.44 bits per heavy atom. The highest BCUT2D eigenvalue weighted by Crippen LogP contribution is 2.32. The Morgan fingerprint density at radius 3 is 3.06 bits per heavy atom. The fourth-order valence-electron chi connectivity index (χ4n) is 2.12. The molecule has 1 aliphatic heterocycles. The van der Waals surface area contributed by atoms with Crippen LogP contribution in [0, 0.1) is 6.92 Å². The van der Waals surface area contributed by atoms with Crippen molar-refractivity contribution in [2.75, 3.05) is 6.61 Å². The summed E-state index contributed by atoms with van der Waals surface area (Å²) in [5.74, 6) is 0. The number of aryl methyl sites for hydroxylation is 1. The predicted octanol–water partition coefficient (Wildman–Crippen LogP) is 4.04. The average Bonchev–Trinajstić information content (AvgIpc) is 2.29. The Kier molecular flexibility index (Phi) is 4.30. The van der Waals surface area contributed by atoms with Gasteiger partial charge in [-0.2, -0.15) is 0 Å². The van der Waals surface area contributed by atoms with Gasteiger partial charge in [-0.1, -0.05) is 24.6 Å². The zero-order chi connectivity index (χ0) is 11.4. The van der Waals surface area contributed by atoms with Gasteiger partial charge in [-0.25, -0.2) is 0 Å². The van der Waals surface area contributed by atoms with Crippen LogP contribution in [0.25, 0.3) is 0 Å². The molecule has 0 aromatic heterocycles. The number of hydrogen-bond donors (Lipinski definition) is 0. The van der Waals surface area contributed by atoms with E-state index in [-0.39, 0.29) is 0 Å². The Morgan fingerprint density at radius 2 is 2.31 bits per heavy atom. The molecule has 2 rings (SSSR count). The van der Waals surface area contributed by atoms with Crippen LogP contribution in [0.4, 0.5) is 0 Å². The van der Waals surface area contributed by atoms with Gasteiger partial charge in [0, 0.05) is 16.8 Å². The Labute approximate surface area is 103 Å². The van der Waals surface area contributed by atoms with Crippen molar-refractivity contribution in [1.29, 1.82) is 0 Å². The van der Waals surface area contributed by atoms with Crippen LogP contribution in [0.2, 0.25) is 0 Å². The van der Waals surface area contributed by atoms with E-state index in [0.29, 0.717) is 6.10 Å². The zero-order valence-electron chi connectivity index (χ0n) is 10.1. The lowest BCUT2D eigenvalue weighted by Crippen LogP contribution is -2.26. The molecule has 2 unspecified atom stereocenters. The van der Waals surface area contributed by atoms with Crippen molar-refractivity contribution in [2.24, 2.45) is 0 Å². The summed E-state index contributed by atoms with van der Waals surface area (Å²) in [6, 6.07) is 8.80. The SMILES string of the molecule is CCC1CC(Sc2cccc(C)c2)CCO1. The number of benzene rings is 1. The molecule has 1 nitrogen and oxygen atoms in total. The van der Waals surface area contributed by atoms with Gasteiger partial charge >= 0.3 is 0 Å². The van der Waals surface area contributed by atoms with E-state index in [1.807, 2.05) is 11.8 Å². The maximum absolute atomic E-state index is 5.71. The molecule has 1 aromatic rings. The molecule has 0 radical (unpaired) electrons. The monoisotopic (exact) mass is 236 g/mol. The molecule has 2 heteroatoms. The summed E-state index contributed by atoms with van der Waals surface area (Å²) in [6.45, 7) is 5.30. The van der Waals surface area contributed by atoms with Crippen molar-refractivity contribution < 1.29 is 4.74 Å². The number of ether oxygens (including phenoxy) is 1. The van der Waals surface area contributed by atoms with Crippen molar-refractivity contribution >= 4 is 11.8 Å². The lowest BCUT2D eigenvalue weighted by Gasteiger charge is -2.28. The van der Waals surface area contributed by atoms with Gasteiger partial charge in [0.05, 0.1) is 6.10 Å². The van der Waals surface area contributed by atoms with Gasteiger partial charge in [0.2, 0.25) is 0 Å². The Balaban J connectivity index is 1.94. The Bertz CT molecular complexity index is 337. The van der Waals surface area contributed by atoms with E-state index >= 15 is 0 Å². The van der Waals surface area contributed by atoms with E-state index in [1.165, 1.54) is 23.3 Å². The van der Waals surface area contributed by atoms with Crippen LogP contribution in [0.15, 0.2) is 29.2 Å². The summed E-state index contributed by atoms with van der Waals surface area (Å²) in [7, 11) is 0. The van der Waals surface area contributed by atoms with E-state index in [4.69, 9.17) is 4.74 Å². The number of thioether (sulfide) groups is 1. The second-order valence-corrected chi connectivity index (χ2v) is 5.86. The first-order chi connectivity index (χ1) is 7.78. The molecule has 0 spiro atoms. The van der Waals surface area contributed by atoms with E-state index in [0.717, 1.165) is 18.3 Å². The minimum absolute atomic E-state index is 0.482. The van der Waals surface area contributed by atoms with Crippen LogP contribution in [0.1, 0.15) is 31.7 Å². The van der Waals surface area contributed by atoms with Crippen LogP contribution in [-0.2, 0) is 4.74 Å². The zero-order valence-corrected chi connectivity index (χ0v) is 10.9. The molecular formula is C14H20OS. The third-order valence-corrected chi connectivity index (χ3v) is 4.35. The average molecular weight is 236 g/mol. The van der Waals surface area contributed by atoms with Crippen molar-refractivity contribution in [3.63, 3.8) is 0 Å². The lowest BCUT2D eigenvalue weighted by molar-refractivity contribution is 0.0171. The van der Waals surface area contributed by atoms with Gasteiger partial charge in [-0.05, 0) is 38.3 Å². The van der Waals surface area contributed by atoms with E-state index < -0.39 is 0 Å². The smallest absolute Gasteiger partial charge is 0.0583 e. The molecule has 0 bridgehead atoms. The molecule has 0 aliphatic carbocycles. The normalized spacial score (nSPS) is 25.6. The fourth-order valence-corrected chi connectivity index (χ4v) is 3.44. The minimum Gasteiger partial charge on any atom is -0.378 e. The third-order valence-electron chi connectivity index (χ3n) is 3.07. The minimum atomic E-state index is 0.482. The van der Waals surface area contributed by atoms with Gasteiger partial charge < -0.3 is 4.74 Å². The number of hydrogen-bond acceptors (Lipinski definition) is 2. The first-order valence-electron chi connectivity index (χ1n) is 6.13. The molecule has 1 heterocycles.